The van der Waals surface area contributed by atoms with Gasteiger partial charge in [-0.2, -0.15) is 0 Å². The van der Waals surface area contributed by atoms with Gasteiger partial charge < -0.3 is 5.11 Å². The maximum atomic E-state index is 12.6. The molecule has 1 aliphatic rings. The highest BCUT2D eigenvalue weighted by molar-refractivity contribution is 7.89. The van der Waals surface area contributed by atoms with Crippen molar-refractivity contribution >= 4 is 27.6 Å². The van der Waals surface area contributed by atoms with Gasteiger partial charge in [0.25, 0.3) is 0 Å². The summed E-state index contributed by atoms with van der Waals surface area (Å²) in [7, 11) is -3.58. The van der Waals surface area contributed by atoms with Gasteiger partial charge >= 0.3 is 5.97 Å². The van der Waals surface area contributed by atoms with Gasteiger partial charge in [0, 0.05) is 17.0 Å². The zero-order valence-corrected chi connectivity index (χ0v) is 16.4. The van der Waals surface area contributed by atoms with E-state index in [1.165, 1.54) is 12.1 Å². The van der Waals surface area contributed by atoms with Gasteiger partial charge in [-0.05, 0) is 67.5 Å². The van der Waals surface area contributed by atoms with E-state index in [2.05, 4.69) is 4.72 Å². The molecule has 2 N–H and O–H groups in total. The zero-order valence-electron chi connectivity index (χ0n) is 14.8. The Morgan fingerprint density at radius 2 is 1.63 bits per heavy atom. The van der Waals surface area contributed by atoms with E-state index in [9.17, 15) is 13.2 Å². The van der Waals surface area contributed by atoms with Crippen LogP contribution in [-0.4, -0.2) is 25.0 Å². The second-order valence-corrected chi connectivity index (χ2v) is 9.20. The highest BCUT2D eigenvalue weighted by atomic mass is 35.5. The van der Waals surface area contributed by atoms with Crippen LogP contribution in [0.5, 0.6) is 0 Å². The number of hydrogen-bond donors (Lipinski definition) is 2. The van der Waals surface area contributed by atoms with Gasteiger partial charge in [0.1, 0.15) is 0 Å². The first-order valence-electron chi connectivity index (χ1n) is 8.87. The average Bonchev–Trinajstić information content (AvgIpc) is 3.35. The van der Waals surface area contributed by atoms with Crippen LogP contribution in [0.3, 0.4) is 0 Å². The van der Waals surface area contributed by atoms with Crippen LogP contribution in [0.1, 0.15) is 36.8 Å². The molecule has 1 saturated carbocycles. The fourth-order valence-electron chi connectivity index (χ4n) is 3.08. The quantitative estimate of drug-likeness (QED) is 0.662. The summed E-state index contributed by atoms with van der Waals surface area (Å²) >= 11 is 5.83. The van der Waals surface area contributed by atoms with Gasteiger partial charge in [-0.3, -0.25) is 4.79 Å². The lowest BCUT2D eigenvalue weighted by atomic mass is 10.0. The molecule has 144 valence electrons. The Hall–Kier alpha value is -1.89. The third kappa shape index (κ3) is 5.54. The molecule has 0 atom stereocenters. The summed E-state index contributed by atoms with van der Waals surface area (Å²) in [5, 5.41) is 9.19. The average molecular weight is 408 g/mol. The molecule has 0 saturated heterocycles. The van der Waals surface area contributed by atoms with E-state index < -0.39 is 21.5 Å². The van der Waals surface area contributed by atoms with Gasteiger partial charge in [0.2, 0.25) is 10.0 Å². The van der Waals surface area contributed by atoms with E-state index in [0.717, 1.165) is 30.4 Å². The van der Waals surface area contributed by atoms with Crippen molar-refractivity contribution in [2.75, 3.05) is 0 Å². The van der Waals surface area contributed by atoms with E-state index in [0.29, 0.717) is 17.9 Å². The minimum absolute atomic E-state index is 0.164. The van der Waals surface area contributed by atoms with Crippen LogP contribution in [0.25, 0.3) is 0 Å². The van der Waals surface area contributed by atoms with Crippen molar-refractivity contribution in [3.05, 3.63) is 64.7 Å². The van der Waals surface area contributed by atoms with Crippen molar-refractivity contribution in [2.24, 2.45) is 0 Å². The molecule has 2 aromatic carbocycles. The van der Waals surface area contributed by atoms with Crippen molar-refractivity contribution in [1.29, 1.82) is 0 Å². The van der Waals surface area contributed by atoms with E-state index in [1.807, 2.05) is 24.3 Å². The Bertz CT molecular complexity index is 904. The predicted molar refractivity (Wildman–Crippen MR) is 104 cm³/mol. The molecular weight excluding hydrogens is 386 g/mol. The van der Waals surface area contributed by atoms with E-state index in [-0.39, 0.29) is 11.3 Å². The van der Waals surface area contributed by atoms with Gasteiger partial charge in [-0.1, -0.05) is 35.9 Å². The number of aryl methyl sites for hydroxylation is 1. The molecule has 1 fully saturated rings. The SMILES string of the molecule is O=C(O)CCCc1ccc(CC2(NS(=O)(=O)c3ccc(Cl)cc3)CC2)cc1. The van der Waals surface area contributed by atoms with Crippen molar-refractivity contribution in [1.82, 2.24) is 4.72 Å². The molecule has 7 heteroatoms. The number of carboxylic acid groups (broad SMARTS) is 1. The van der Waals surface area contributed by atoms with Crippen LogP contribution in [0.2, 0.25) is 5.02 Å². The van der Waals surface area contributed by atoms with Crippen LogP contribution >= 0.6 is 11.6 Å². The molecule has 0 unspecified atom stereocenters. The first-order valence-corrected chi connectivity index (χ1v) is 10.7. The smallest absolute Gasteiger partial charge is 0.303 e. The number of aliphatic carboxylic acids is 1. The largest absolute Gasteiger partial charge is 0.481 e. The van der Waals surface area contributed by atoms with Gasteiger partial charge in [-0.15, -0.1) is 0 Å². The molecule has 0 aliphatic heterocycles. The van der Waals surface area contributed by atoms with Crippen molar-refractivity contribution in [2.45, 2.75) is 49.0 Å². The Kier molecular flexibility index (Phi) is 5.89. The molecule has 0 radical (unpaired) electrons. The predicted octanol–water partition coefficient (Wildman–Crippen LogP) is 3.80. The molecule has 0 bridgehead atoms. The van der Waals surface area contributed by atoms with Gasteiger partial charge in [-0.25, -0.2) is 13.1 Å². The molecule has 0 spiro atoms. The number of hydrogen-bond acceptors (Lipinski definition) is 3. The van der Waals surface area contributed by atoms with E-state index >= 15 is 0 Å². The van der Waals surface area contributed by atoms with Gasteiger partial charge in [0.15, 0.2) is 0 Å². The molecule has 5 nitrogen and oxygen atoms in total. The molecule has 3 rings (SSSR count). The number of rotatable bonds is 9. The summed E-state index contributed by atoms with van der Waals surface area (Å²) in [6, 6.07) is 14.1. The van der Waals surface area contributed by atoms with Crippen molar-refractivity contribution in [3.8, 4) is 0 Å². The third-order valence-corrected chi connectivity index (χ3v) is 6.60. The maximum absolute atomic E-state index is 12.6. The van der Waals surface area contributed by atoms with Crippen LogP contribution in [0.15, 0.2) is 53.4 Å². The summed E-state index contributed by atoms with van der Waals surface area (Å²) in [6.07, 6.45) is 3.74. The van der Waals surface area contributed by atoms with E-state index in [1.54, 1.807) is 12.1 Å². The monoisotopic (exact) mass is 407 g/mol. The number of carboxylic acids is 1. The highest BCUT2D eigenvalue weighted by Gasteiger charge is 2.45. The molecule has 0 aromatic heterocycles. The summed E-state index contributed by atoms with van der Waals surface area (Å²) in [5.74, 6) is -0.782. The normalized spacial score (nSPS) is 15.4. The number of carbonyl (C=O) groups is 1. The Labute approximate surface area is 164 Å². The summed E-state index contributed by atoms with van der Waals surface area (Å²) in [6.45, 7) is 0. The molecular formula is C20H22ClNO4S. The molecule has 1 aliphatic carbocycles. The Morgan fingerprint density at radius 1 is 1.04 bits per heavy atom. The lowest BCUT2D eigenvalue weighted by Gasteiger charge is -2.18. The molecule has 27 heavy (non-hydrogen) atoms. The van der Waals surface area contributed by atoms with E-state index in [4.69, 9.17) is 16.7 Å². The summed E-state index contributed by atoms with van der Waals surface area (Å²) < 4.78 is 28.1. The Balaban J connectivity index is 1.61. The topological polar surface area (TPSA) is 83.5 Å². The first kappa shape index (κ1) is 19.9. The molecule has 0 amide bonds. The number of sulfonamides is 1. The second-order valence-electron chi connectivity index (χ2n) is 7.08. The number of benzene rings is 2. The third-order valence-electron chi connectivity index (χ3n) is 4.75. The number of nitrogens with one attached hydrogen (secondary N) is 1. The molecule has 0 heterocycles. The summed E-state index contributed by atoms with van der Waals surface area (Å²) in [5.41, 5.74) is 1.73. The highest BCUT2D eigenvalue weighted by Crippen LogP contribution is 2.40. The minimum atomic E-state index is -3.58. The maximum Gasteiger partial charge on any atom is 0.303 e. The minimum Gasteiger partial charge on any atom is -0.481 e. The molecule has 2 aromatic rings. The van der Waals surface area contributed by atoms with Crippen LogP contribution in [0.4, 0.5) is 0 Å². The standard InChI is InChI=1S/C20H22ClNO4S/c21-17-8-10-18(11-9-17)27(25,26)22-20(12-13-20)14-16-6-4-15(5-7-16)2-1-3-19(23)24/h4-11,22H,1-3,12-14H2,(H,23,24). The zero-order chi connectivity index (χ0) is 19.5. The Morgan fingerprint density at radius 3 is 2.19 bits per heavy atom. The van der Waals surface area contributed by atoms with Crippen LogP contribution in [-0.2, 0) is 27.7 Å². The first-order chi connectivity index (χ1) is 12.8. The van der Waals surface area contributed by atoms with Crippen molar-refractivity contribution < 1.29 is 18.3 Å². The lowest BCUT2D eigenvalue weighted by Crippen LogP contribution is -2.38. The lowest BCUT2D eigenvalue weighted by molar-refractivity contribution is -0.137. The number of halogens is 1. The fraction of sp³-hybridized carbons (Fsp3) is 0.350. The van der Waals surface area contributed by atoms with Crippen LogP contribution < -0.4 is 4.72 Å². The van der Waals surface area contributed by atoms with Crippen LogP contribution in [0, 0.1) is 0 Å². The van der Waals surface area contributed by atoms with Gasteiger partial charge in [0.05, 0.1) is 4.90 Å². The van der Waals surface area contributed by atoms with Crippen molar-refractivity contribution in [3.63, 3.8) is 0 Å². The summed E-state index contributed by atoms with van der Waals surface area (Å²) in [4.78, 5) is 10.8. The second kappa shape index (κ2) is 8.00. The fourth-order valence-corrected chi connectivity index (χ4v) is 4.67.